The van der Waals surface area contributed by atoms with Gasteiger partial charge in [-0.25, -0.2) is 0 Å². The van der Waals surface area contributed by atoms with Gasteiger partial charge < -0.3 is 9.88 Å². The van der Waals surface area contributed by atoms with Crippen LogP contribution in [0, 0.1) is 0 Å². The Balaban J connectivity index is 1.78. The number of benzene rings is 3. The first kappa shape index (κ1) is 15.2. The maximum Gasteiger partial charge on any atom is 0.243 e. The van der Waals surface area contributed by atoms with Crippen LogP contribution in [-0.2, 0) is 11.3 Å². The molecule has 0 bridgehead atoms. The van der Waals surface area contributed by atoms with Crippen LogP contribution < -0.4 is 5.32 Å². The van der Waals surface area contributed by atoms with Gasteiger partial charge >= 0.3 is 0 Å². The molecule has 0 aliphatic carbocycles. The molecule has 1 aromatic heterocycles. The van der Waals surface area contributed by atoms with Crippen LogP contribution in [0.2, 0.25) is 0 Å². The van der Waals surface area contributed by atoms with Crippen molar-refractivity contribution in [2.75, 3.05) is 0 Å². The summed E-state index contributed by atoms with van der Waals surface area (Å²) in [5.41, 5.74) is 4.55. The molecule has 0 fully saturated rings. The van der Waals surface area contributed by atoms with Gasteiger partial charge in [0.15, 0.2) is 0 Å². The third kappa shape index (κ3) is 2.70. The van der Waals surface area contributed by atoms with Gasteiger partial charge in [-0.2, -0.15) is 0 Å². The summed E-state index contributed by atoms with van der Waals surface area (Å²) in [6.07, 6.45) is 1.28. The van der Waals surface area contributed by atoms with Crippen molar-refractivity contribution >= 4 is 27.7 Å². The zero-order valence-corrected chi connectivity index (χ0v) is 13.8. The van der Waals surface area contributed by atoms with Crippen LogP contribution in [0.4, 0.5) is 0 Å². The van der Waals surface area contributed by atoms with E-state index in [1.165, 1.54) is 27.9 Å². The molecule has 0 saturated heterocycles. The van der Waals surface area contributed by atoms with Crippen molar-refractivity contribution in [1.82, 2.24) is 9.88 Å². The topological polar surface area (TPSA) is 34.0 Å². The van der Waals surface area contributed by atoms with E-state index in [0.29, 0.717) is 6.54 Å². The van der Waals surface area contributed by atoms with Crippen molar-refractivity contribution in [1.29, 1.82) is 0 Å². The maximum atomic E-state index is 11.3. The second-order valence-corrected chi connectivity index (χ2v) is 5.96. The Kier molecular flexibility index (Phi) is 3.82. The van der Waals surface area contributed by atoms with Crippen molar-refractivity contribution in [2.45, 2.75) is 6.54 Å². The van der Waals surface area contributed by atoms with E-state index in [1.807, 2.05) is 12.1 Å². The molecule has 0 radical (unpaired) electrons. The first-order valence-electron chi connectivity index (χ1n) is 8.26. The summed E-state index contributed by atoms with van der Waals surface area (Å²) in [4.78, 5) is 11.3. The Morgan fingerprint density at radius 3 is 2.00 bits per heavy atom. The van der Waals surface area contributed by atoms with E-state index in [9.17, 15) is 4.79 Å². The zero-order chi connectivity index (χ0) is 17.2. The summed E-state index contributed by atoms with van der Waals surface area (Å²) in [5, 5.41) is 5.30. The van der Waals surface area contributed by atoms with Gasteiger partial charge in [0, 0.05) is 23.0 Å². The summed E-state index contributed by atoms with van der Waals surface area (Å²) in [6.45, 7) is 3.96. The summed E-state index contributed by atoms with van der Waals surface area (Å²) in [7, 11) is 0. The van der Waals surface area contributed by atoms with Crippen LogP contribution >= 0.6 is 0 Å². The molecule has 4 aromatic rings. The number of hydrogen-bond acceptors (Lipinski definition) is 1. The fourth-order valence-electron chi connectivity index (χ4n) is 3.22. The molecular weight excluding hydrogens is 308 g/mol. The van der Waals surface area contributed by atoms with Gasteiger partial charge in [-0.3, -0.25) is 4.79 Å². The molecule has 0 unspecified atom stereocenters. The SMILES string of the molecule is C=CC(=O)NCc1ccc(-n2c3ccccc3c3ccccc32)cc1. The van der Waals surface area contributed by atoms with Gasteiger partial charge in [-0.05, 0) is 35.9 Å². The molecule has 3 heteroatoms. The highest BCUT2D eigenvalue weighted by molar-refractivity contribution is 6.09. The third-order valence-corrected chi connectivity index (χ3v) is 4.43. The van der Waals surface area contributed by atoms with Crippen molar-refractivity contribution in [2.24, 2.45) is 0 Å². The number of nitrogens with zero attached hydrogens (tertiary/aromatic N) is 1. The predicted octanol–water partition coefficient (Wildman–Crippen LogP) is 4.59. The minimum absolute atomic E-state index is 0.161. The van der Waals surface area contributed by atoms with Gasteiger partial charge in [-0.1, -0.05) is 55.1 Å². The molecule has 0 aliphatic rings. The number of hydrogen-bond donors (Lipinski definition) is 1. The average molecular weight is 326 g/mol. The van der Waals surface area contributed by atoms with Crippen LogP contribution in [0.15, 0.2) is 85.5 Å². The van der Waals surface area contributed by atoms with Crippen LogP contribution in [0.25, 0.3) is 27.5 Å². The first-order chi connectivity index (χ1) is 12.3. The van der Waals surface area contributed by atoms with E-state index >= 15 is 0 Å². The largest absolute Gasteiger partial charge is 0.348 e. The summed E-state index contributed by atoms with van der Waals surface area (Å²) in [5.74, 6) is -0.161. The number of rotatable bonds is 4. The van der Waals surface area contributed by atoms with Gasteiger partial charge in [0.05, 0.1) is 11.0 Å². The molecule has 122 valence electrons. The molecule has 0 aliphatic heterocycles. The lowest BCUT2D eigenvalue weighted by atomic mass is 10.2. The average Bonchev–Trinajstić information content (AvgIpc) is 3.01. The molecule has 0 spiro atoms. The number of aromatic nitrogens is 1. The van der Waals surface area contributed by atoms with E-state index in [-0.39, 0.29) is 5.91 Å². The monoisotopic (exact) mass is 326 g/mol. The molecule has 3 aromatic carbocycles. The summed E-state index contributed by atoms with van der Waals surface area (Å²) < 4.78 is 2.27. The van der Waals surface area contributed by atoms with Crippen molar-refractivity contribution < 1.29 is 4.79 Å². The lowest BCUT2D eigenvalue weighted by Gasteiger charge is -2.09. The van der Waals surface area contributed by atoms with E-state index in [4.69, 9.17) is 0 Å². The highest BCUT2D eigenvalue weighted by atomic mass is 16.1. The molecule has 4 rings (SSSR count). The molecule has 1 amide bonds. The van der Waals surface area contributed by atoms with E-state index in [1.54, 1.807) is 0 Å². The standard InChI is InChI=1S/C22H18N2O/c1-2-22(25)23-15-16-11-13-17(14-12-16)24-20-9-5-3-7-18(20)19-8-4-6-10-21(19)24/h2-14H,1,15H2,(H,23,25). The number of nitrogens with one attached hydrogen (secondary N) is 1. The van der Waals surface area contributed by atoms with Gasteiger partial charge in [0.2, 0.25) is 5.91 Å². The predicted molar refractivity (Wildman–Crippen MR) is 103 cm³/mol. The summed E-state index contributed by atoms with van der Waals surface area (Å²) >= 11 is 0. The van der Waals surface area contributed by atoms with Crippen LogP contribution in [0.1, 0.15) is 5.56 Å². The Hall–Kier alpha value is -3.33. The van der Waals surface area contributed by atoms with Crippen molar-refractivity contribution in [3.05, 3.63) is 91.0 Å². The second kappa shape index (κ2) is 6.29. The molecule has 0 saturated carbocycles. The first-order valence-corrected chi connectivity index (χ1v) is 8.26. The number of para-hydroxylation sites is 2. The fourth-order valence-corrected chi connectivity index (χ4v) is 3.22. The number of carbonyl (C=O) groups is 1. The number of amides is 1. The zero-order valence-electron chi connectivity index (χ0n) is 13.8. The Morgan fingerprint density at radius 2 is 1.44 bits per heavy atom. The lowest BCUT2D eigenvalue weighted by molar-refractivity contribution is -0.116. The van der Waals surface area contributed by atoms with E-state index in [0.717, 1.165) is 11.3 Å². The smallest absolute Gasteiger partial charge is 0.243 e. The Bertz CT molecular complexity index is 1020. The Labute approximate surface area is 146 Å². The lowest BCUT2D eigenvalue weighted by Crippen LogP contribution is -2.19. The second-order valence-electron chi connectivity index (χ2n) is 5.96. The minimum Gasteiger partial charge on any atom is -0.348 e. The van der Waals surface area contributed by atoms with Crippen LogP contribution in [-0.4, -0.2) is 10.5 Å². The summed E-state index contributed by atoms with van der Waals surface area (Å²) in [6, 6.07) is 25.2. The van der Waals surface area contributed by atoms with Crippen LogP contribution in [0.3, 0.4) is 0 Å². The number of fused-ring (bicyclic) bond motifs is 3. The molecule has 25 heavy (non-hydrogen) atoms. The molecule has 1 heterocycles. The van der Waals surface area contributed by atoms with Crippen molar-refractivity contribution in [3.63, 3.8) is 0 Å². The number of carbonyl (C=O) groups excluding carboxylic acids is 1. The van der Waals surface area contributed by atoms with Gasteiger partial charge in [0.25, 0.3) is 0 Å². The van der Waals surface area contributed by atoms with E-state index in [2.05, 4.69) is 77.1 Å². The highest BCUT2D eigenvalue weighted by Gasteiger charge is 2.10. The molecule has 1 N–H and O–H groups in total. The fraction of sp³-hybridized carbons (Fsp3) is 0.0455. The molecule has 3 nitrogen and oxygen atoms in total. The van der Waals surface area contributed by atoms with Gasteiger partial charge in [-0.15, -0.1) is 0 Å². The maximum absolute atomic E-state index is 11.3. The van der Waals surface area contributed by atoms with Crippen molar-refractivity contribution in [3.8, 4) is 5.69 Å². The van der Waals surface area contributed by atoms with Crippen LogP contribution in [0.5, 0.6) is 0 Å². The quantitative estimate of drug-likeness (QED) is 0.547. The van der Waals surface area contributed by atoms with Gasteiger partial charge in [0.1, 0.15) is 0 Å². The minimum atomic E-state index is -0.161. The van der Waals surface area contributed by atoms with E-state index < -0.39 is 0 Å². The third-order valence-electron chi connectivity index (χ3n) is 4.43. The highest BCUT2D eigenvalue weighted by Crippen LogP contribution is 2.31. The molecule has 0 atom stereocenters. The Morgan fingerprint density at radius 1 is 0.880 bits per heavy atom. The normalized spacial score (nSPS) is 10.9. The molecular formula is C22H18N2O.